The maximum absolute atomic E-state index is 12.2. The lowest BCUT2D eigenvalue weighted by Gasteiger charge is -2.19. The Labute approximate surface area is 98.6 Å². The number of hydrogen-bond donors (Lipinski definition) is 1. The zero-order valence-corrected chi connectivity index (χ0v) is 11.1. The molecule has 0 aromatic heterocycles. The number of amides is 1. The second kappa shape index (κ2) is 3.46. The van der Waals surface area contributed by atoms with E-state index in [4.69, 9.17) is 0 Å². The highest BCUT2D eigenvalue weighted by Crippen LogP contribution is 2.65. The summed E-state index contributed by atoms with van der Waals surface area (Å²) in [5, 5.41) is 3.27. The molecule has 1 amide bonds. The SMILES string of the molecule is CCNC1CCN(C2C(C)(C)C2(C)C)C1=O. The van der Waals surface area contributed by atoms with Gasteiger partial charge in [0.25, 0.3) is 0 Å². The Bertz CT molecular complexity index is 295. The molecule has 3 heteroatoms. The molecule has 2 aliphatic rings. The predicted molar refractivity (Wildman–Crippen MR) is 65.1 cm³/mol. The minimum absolute atomic E-state index is 0.0669. The molecule has 3 nitrogen and oxygen atoms in total. The van der Waals surface area contributed by atoms with Crippen molar-refractivity contribution in [3.63, 3.8) is 0 Å². The van der Waals surface area contributed by atoms with Gasteiger partial charge in [0.15, 0.2) is 0 Å². The van der Waals surface area contributed by atoms with Crippen LogP contribution in [-0.2, 0) is 4.79 Å². The van der Waals surface area contributed by atoms with E-state index >= 15 is 0 Å². The Hall–Kier alpha value is -0.570. The van der Waals surface area contributed by atoms with Gasteiger partial charge in [0, 0.05) is 12.6 Å². The van der Waals surface area contributed by atoms with Gasteiger partial charge in [0.05, 0.1) is 6.04 Å². The summed E-state index contributed by atoms with van der Waals surface area (Å²) in [5.74, 6) is 0.311. The van der Waals surface area contributed by atoms with Crippen LogP contribution in [0.5, 0.6) is 0 Å². The lowest BCUT2D eigenvalue weighted by Crippen LogP contribution is -2.40. The van der Waals surface area contributed by atoms with Crippen molar-refractivity contribution in [3.8, 4) is 0 Å². The van der Waals surface area contributed by atoms with Gasteiger partial charge < -0.3 is 10.2 Å². The van der Waals surface area contributed by atoms with Gasteiger partial charge in [-0.2, -0.15) is 0 Å². The quantitative estimate of drug-likeness (QED) is 0.790. The van der Waals surface area contributed by atoms with Crippen molar-refractivity contribution < 1.29 is 4.79 Å². The second-order valence-corrected chi connectivity index (χ2v) is 6.28. The van der Waals surface area contributed by atoms with Crippen LogP contribution in [0.4, 0.5) is 0 Å². The van der Waals surface area contributed by atoms with Crippen LogP contribution in [-0.4, -0.2) is 36.0 Å². The van der Waals surface area contributed by atoms with Crippen molar-refractivity contribution in [1.29, 1.82) is 0 Å². The molecule has 1 aliphatic carbocycles. The van der Waals surface area contributed by atoms with E-state index in [9.17, 15) is 4.79 Å². The number of carbonyl (C=O) groups is 1. The Morgan fingerprint density at radius 1 is 1.31 bits per heavy atom. The van der Waals surface area contributed by atoms with Crippen LogP contribution in [0.3, 0.4) is 0 Å². The number of likely N-dealkylation sites (tertiary alicyclic amines) is 1. The predicted octanol–water partition coefficient (Wildman–Crippen LogP) is 1.63. The lowest BCUT2D eigenvalue weighted by atomic mass is 10.0. The zero-order chi connectivity index (χ0) is 12.1. The maximum atomic E-state index is 12.2. The highest BCUT2D eigenvalue weighted by molar-refractivity contribution is 5.85. The monoisotopic (exact) mass is 224 g/mol. The summed E-state index contributed by atoms with van der Waals surface area (Å²) < 4.78 is 0. The van der Waals surface area contributed by atoms with Crippen molar-refractivity contribution in [3.05, 3.63) is 0 Å². The number of carbonyl (C=O) groups excluding carboxylic acids is 1. The summed E-state index contributed by atoms with van der Waals surface area (Å²) >= 11 is 0. The van der Waals surface area contributed by atoms with E-state index in [1.54, 1.807) is 0 Å². The average molecular weight is 224 g/mol. The first-order valence-electron chi connectivity index (χ1n) is 6.38. The van der Waals surface area contributed by atoms with Gasteiger partial charge in [-0.3, -0.25) is 4.79 Å². The van der Waals surface area contributed by atoms with E-state index < -0.39 is 0 Å². The molecule has 1 aliphatic heterocycles. The molecule has 92 valence electrons. The number of rotatable bonds is 3. The van der Waals surface area contributed by atoms with E-state index in [1.165, 1.54) is 0 Å². The van der Waals surface area contributed by atoms with E-state index in [0.29, 0.717) is 11.9 Å². The fraction of sp³-hybridized carbons (Fsp3) is 0.923. The first-order valence-corrected chi connectivity index (χ1v) is 6.38. The fourth-order valence-electron chi connectivity index (χ4n) is 3.33. The van der Waals surface area contributed by atoms with Crippen LogP contribution < -0.4 is 5.32 Å². The summed E-state index contributed by atoms with van der Waals surface area (Å²) in [6.07, 6.45) is 0.968. The van der Waals surface area contributed by atoms with Crippen molar-refractivity contribution in [1.82, 2.24) is 10.2 Å². The molecule has 0 aromatic rings. The topological polar surface area (TPSA) is 32.3 Å². The molecular formula is C13H24N2O. The van der Waals surface area contributed by atoms with E-state index in [1.807, 2.05) is 0 Å². The van der Waals surface area contributed by atoms with Gasteiger partial charge in [-0.05, 0) is 23.8 Å². The fourth-order valence-corrected chi connectivity index (χ4v) is 3.33. The Balaban J connectivity index is 2.07. The molecule has 1 unspecified atom stereocenters. The summed E-state index contributed by atoms with van der Waals surface area (Å²) in [6.45, 7) is 12.9. The molecule has 0 radical (unpaired) electrons. The number of nitrogens with zero attached hydrogens (tertiary/aromatic N) is 1. The van der Waals surface area contributed by atoms with Crippen molar-refractivity contribution in [2.24, 2.45) is 10.8 Å². The molecule has 0 bridgehead atoms. The first-order chi connectivity index (χ1) is 7.34. The highest BCUT2D eigenvalue weighted by atomic mass is 16.2. The van der Waals surface area contributed by atoms with E-state index in [2.05, 4.69) is 44.8 Å². The molecule has 0 spiro atoms. The van der Waals surface area contributed by atoms with Crippen LogP contribution in [0, 0.1) is 10.8 Å². The molecule has 1 atom stereocenters. The largest absolute Gasteiger partial charge is 0.337 e. The minimum Gasteiger partial charge on any atom is -0.337 e. The number of nitrogens with one attached hydrogen (secondary N) is 1. The number of likely N-dealkylation sites (N-methyl/N-ethyl adjacent to an activating group) is 1. The highest BCUT2D eigenvalue weighted by Gasteiger charge is 2.68. The maximum Gasteiger partial charge on any atom is 0.240 e. The molecular weight excluding hydrogens is 200 g/mol. The molecule has 1 N–H and O–H groups in total. The van der Waals surface area contributed by atoms with Crippen LogP contribution in [0.2, 0.25) is 0 Å². The van der Waals surface area contributed by atoms with Gasteiger partial charge in [0.1, 0.15) is 0 Å². The summed E-state index contributed by atoms with van der Waals surface area (Å²) in [7, 11) is 0. The third-order valence-electron chi connectivity index (χ3n) is 4.95. The smallest absolute Gasteiger partial charge is 0.240 e. The standard InChI is InChI=1S/C13H24N2O/c1-6-14-9-7-8-15(10(9)16)11-12(2,3)13(11,4)5/h9,11,14H,6-8H2,1-5H3. The average Bonchev–Trinajstić information content (AvgIpc) is 2.45. The van der Waals surface area contributed by atoms with Crippen molar-refractivity contribution in [2.75, 3.05) is 13.1 Å². The number of hydrogen-bond acceptors (Lipinski definition) is 2. The minimum atomic E-state index is 0.0669. The van der Waals surface area contributed by atoms with Gasteiger partial charge in [-0.15, -0.1) is 0 Å². The Kier molecular flexibility index (Phi) is 2.57. The van der Waals surface area contributed by atoms with Crippen LogP contribution in [0.15, 0.2) is 0 Å². The van der Waals surface area contributed by atoms with Gasteiger partial charge in [-0.1, -0.05) is 34.6 Å². The van der Waals surface area contributed by atoms with E-state index in [-0.39, 0.29) is 16.9 Å². The molecule has 2 fully saturated rings. The molecule has 1 heterocycles. The molecule has 0 aromatic carbocycles. The van der Waals surface area contributed by atoms with Crippen LogP contribution in [0.1, 0.15) is 41.0 Å². The molecule has 1 saturated carbocycles. The van der Waals surface area contributed by atoms with Crippen molar-refractivity contribution >= 4 is 5.91 Å². The van der Waals surface area contributed by atoms with Gasteiger partial charge in [-0.25, -0.2) is 0 Å². The van der Waals surface area contributed by atoms with Gasteiger partial charge >= 0.3 is 0 Å². The first kappa shape index (κ1) is 11.9. The third-order valence-corrected chi connectivity index (χ3v) is 4.95. The summed E-state index contributed by atoms with van der Waals surface area (Å²) in [5.41, 5.74) is 0.535. The van der Waals surface area contributed by atoms with Crippen LogP contribution >= 0.6 is 0 Å². The Morgan fingerprint density at radius 2 is 1.88 bits per heavy atom. The summed E-state index contributed by atoms with van der Waals surface area (Å²) in [6, 6.07) is 0.494. The zero-order valence-electron chi connectivity index (χ0n) is 11.1. The summed E-state index contributed by atoms with van der Waals surface area (Å²) in [4.78, 5) is 14.3. The third kappa shape index (κ3) is 1.41. The molecule has 1 saturated heterocycles. The van der Waals surface area contributed by atoms with E-state index in [0.717, 1.165) is 19.5 Å². The van der Waals surface area contributed by atoms with Crippen molar-refractivity contribution in [2.45, 2.75) is 53.1 Å². The Morgan fingerprint density at radius 3 is 2.31 bits per heavy atom. The second-order valence-electron chi connectivity index (χ2n) is 6.28. The lowest BCUT2D eigenvalue weighted by molar-refractivity contribution is -0.130. The molecule has 2 rings (SSSR count). The molecule has 16 heavy (non-hydrogen) atoms. The normalized spacial score (nSPS) is 32.2. The van der Waals surface area contributed by atoms with Crippen LogP contribution in [0.25, 0.3) is 0 Å². The van der Waals surface area contributed by atoms with Gasteiger partial charge in [0.2, 0.25) is 5.91 Å².